The molecule has 1 amide bonds. The number of fused-ring (bicyclic) bond motifs is 3. The van der Waals surface area contributed by atoms with E-state index < -0.39 is 6.04 Å². The molecule has 0 bridgehead atoms. The summed E-state index contributed by atoms with van der Waals surface area (Å²) in [5.41, 5.74) is 8.27. The van der Waals surface area contributed by atoms with E-state index in [9.17, 15) is 4.79 Å². The maximum absolute atomic E-state index is 12.4. The number of aromatic nitrogens is 2. The van der Waals surface area contributed by atoms with Crippen LogP contribution in [0.1, 0.15) is 34.3 Å². The van der Waals surface area contributed by atoms with Gasteiger partial charge in [0.25, 0.3) is 0 Å². The number of nitrogens with zero attached hydrogens (tertiary/aromatic N) is 5. The summed E-state index contributed by atoms with van der Waals surface area (Å²) in [6, 6.07) is 9.47. The molecule has 9 heteroatoms. The molecule has 2 N–H and O–H groups in total. The van der Waals surface area contributed by atoms with E-state index in [1.165, 1.54) is 22.2 Å². The van der Waals surface area contributed by atoms with Crippen molar-refractivity contribution < 1.29 is 9.53 Å². The second kappa shape index (κ2) is 9.81. The summed E-state index contributed by atoms with van der Waals surface area (Å²) in [4.78, 5) is 32.2. The third kappa shape index (κ3) is 4.53. The van der Waals surface area contributed by atoms with E-state index in [1.807, 2.05) is 41.7 Å². The predicted octanol–water partition coefficient (Wildman–Crippen LogP) is 2.36. The second-order valence-corrected chi connectivity index (χ2v) is 10.7. The summed E-state index contributed by atoms with van der Waals surface area (Å²) < 4.78 is 5.52. The van der Waals surface area contributed by atoms with Crippen LogP contribution >= 0.6 is 11.3 Å². The lowest BCUT2D eigenvalue weighted by Crippen LogP contribution is -2.50. The van der Waals surface area contributed by atoms with Crippen molar-refractivity contribution in [3.8, 4) is 0 Å². The lowest BCUT2D eigenvalue weighted by atomic mass is 10.0. The van der Waals surface area contributed by atoms with Gasteiger partial charge in [-0.15, -0.1) is 11.3 Å². The molecule has 1 aliphatic carbocycles. The zero-order valence-electron chi connectivity index (χ0n) is 20.0. The van der Waals surface area contributed by atoms with Gasteiger partial charge in [-0.1, -0.05) is 30.3 Å². The summed E-state index contributed by atoms with van der Waals surface area (Å²) in [6.07, 6.45) is 3.49. The number of carbonyl (C=O) groups is 1. The van der Waals surface area contributed by atoms with Crippen LogP contribution in [0.3, 0.4) is 0 Å². The Hall–Kier alpha value is -2.59. The molecule has 0 spiro atoms. The summed E-state index contributed by atoms with van der Waals surface area (Å²) in [7, 11) is 0. The standard InChI is InChI=1S/C26H32N6O2S/c27-24(33)23(18-5-2-1-3-6-18)31-9-11-32(12-10-31)25-22-19-7-4-8-20(19)35-26(22)29-21(28-25)17-30-13-15-34-16-14-30/h1-3,5-6,23H,4,7-17H2,(H2,27,33). The van der Waals surface area contributed by atoms with Gasteiger partial charge in [0.2, 0.25) is 5.91 Å². The molecular weight excluding hydrogens is 460 g/mol. The monoisotopic (exact) mass is 492 g/mol. The number of morpholine rings is 1. The molecule has 2 aliphatic heterocycles. The third-order valence-corrected chi connectivity index (χ3v) is 8.61. The zero-order valence-corrected chi connectivity index (χ0v) is 20.8. The fourth-order valence-corrected chi connectivity index (χ4v) is 6.94. The number of anilines is 1. The van der Waals surface area contributed by atoms with Crippen LogP contribution in [-0.4, -0.2) is 78.2 Å². The van der Waals surface area contributed by atoms with Crippen LogP contribution in [-0.2, 0) is 28.9 Å². The van der Waals surface area contributed by atoms with E-state index in [4.69, 9.17) is 20.4 Å². The van der Waals surface area contributed by atoms with Gasteiger partial charge in [-0.2, -0.15) is 0 Å². The highest BCUT2D eigenvalue weighted by Crippen LogP contribution is 2.41. The highest BCUT2D eigenvalue weighted by atomic mass is 32.1. The van der Waals surface area contributed by atoms with Crippen molar-refractivity contribution in [3.63, 3.8) is 0 Å². The third-order valence-electron chi connectivity index (χ3n) is 7.42. The smallest absolute Gasteiger partial charge is 0.239 e. The van der Waals surface area contributed by atoms with E-state index in [1.54, 1.807) is 0 Å². The first kappa shape index (κ1) is 22.8. The molecule has 1 atom stereocenters. The summed E-state index contributed by atoms with van der Waals surface area (Å²) in [6.45, 7) is 7.29. The molecule has 184 valence electrons. The number of thiophene rings is 1. The number of hydrogen-bond acceptors (Lipinski definition) is 8. The number of rotatable bonds is 6. The first-order valence-electron chi connectivity index (χ1n) is 12.6. The predicted molar refractivity (Wildman–Crippen MR) is 138 cm³/mol. The molecule has 3 aromatic rings. The fourth-order valence-electron chi connectivity index (χ4n) is 5.66. The summed E-state index contributed by atoms with van der Waals surface area (Å²) >= 11 is 1.85. The highest BCUT2D eigenvalue weighted by Gasteiger charge is 2.31. The Morgan fingerprint density at radius 1 is 1.03 bits per heavy atom. The molecular formula is C26H32N6O2S. The Balaban J connectivity index is 1.28. The largest absolute Gasteiger partial charge is 0.379 e. The van der Waals surface area contributed by atoms with E-state index in [0.29, 0.717) is 0 Å². The fraction of sp³-hybridized carbons (Fsp3) is 0.500. The molecule has 6 rings (SSSR count). The van der Waals surface area contributed by atoms with Gasteiger partial charge in [-0.25, -0.2) is 9.97 Å². The minimum Gasteiger partial charge on any atom is -0.379 e. The molecule has 0 radical (unpaired) electrons. The van der Waals surface area contributed by atoms with Gasteiger partial charge < -0.3 is 15.4 Å². The Kier molecular flexibility index (Phi) is 6.40. The first-order valence-corrected chi connectivity index (χ1v) is 13.4. The number of carbonyl (C=O) groups excluding carboxylic acids is 1. The Labute approximate surface area is 209 Å². The molecule has 2 saturated heterocycles. The average molecular weight is 493 g/mol. The molecule has 1 unspecified atom stereocenters. The average Bonchev–Trinajstić information content (AvgIpc) is 3.47. The van der Waals surface area contributed by atoms with E-state index in [-0.39, 0.29) is 5.91 Å². The lowest BCUT2D eigenvalue weighted by Gasteiger charge is -2.39. The van der Waals surface area contributed by atoms with Gasteiger partial charge in [0.15, 0.2) is 0 Å². The second-order valence-electron chi connectivity index (χ2n) is 9.63. The minimum absolute atomic E-state index is 0.294. The molecule has 2 fully saturated rings. The van der Waals surface area contributed by atoms with Gasteiger partial charge in [-0.05, 0) is 30.4 Å². The summed E-state index contributed by atoms with van der Waals surface area (Å²) in [5.74, 6) is 1.68. The number of hydrogen-bond donors (Lipinski definition) is 1. The molecule has 1 aromatic carbocycles. The van der Waals surface area contributed by atoms with Gasteiger partial charge in [0.05, 0.1) is 25.1 Å². The topological polar surface area (TPSA) is 87.8 Å². The number of amides is 1. The number of benzene rings is 1. The zero-order chi connectivity index (χ0) is 23.8. The van der Waals surface area contributed by atoms with Crippen molar-refractivity contribution in [1.82, 2.24) is 19.8 Å². The Morgan fingerprint density at radius 2 is 1.80 bits per heavy atom. The SMILES string of the molecule is NC(=O)C(c1ccccc1)N1CCN(c2nc(CN3CCOCC3)nc3sc4c(c23)CCC4)CC1. The minimum atomic E-state index is -0.397. The van der Waals surface area contributed by atoms with Crippen molar-refractivity contribution in [1.29, 1.82) is 0 Å². The van der Waals surface area contributed by atoms with Crippen LogP contribution in [0, 0.1) is 0 Å². The number of ether oxygens (including phenoxy) is 1. The van der Waals surface area contributed by atoms with Crippen molar-refractivity contribution >= 4 is 33.3 Å². The highest BCUT2D eigenvalue weighted by molar-refractivity contribution is 7.19. The van der Waals surface area contributed by atoms with Crippen molar-refractivity contribution in [2.24, 2.45) is 5.73 Å². The van der Waals surface area contributed by atoms with Crippen LogP contribution in [0.5, 0.6) is 0 Å². The molecule has 3 aliphatic rings. The van der Waals surface area contributed by atoms with Crippen LogP contribution in [0.2, 0.25) is 0 Å². The Bertz CT molecular complexity index is 1200. The van der Waals surface area contributed by atoms with E-state index in [2.05, 4.69) is 14.7 Å². The molecule has 0 saturated carbocycles. The molecule has 8 nitrogen and oxygen atoms in total. The maximum atomic E-state index is 12.4. The number of aryl methyl sites for hydroxylation is 2. The molecule has 4 heterocycles. The summed E-state index contributed by atoms with van der Waals surface area (Å²) in [5, 5.41) is 1.26. The van der Waals surface area contributed by atoms with Crippen LogP contribution in [0.25, 0.3) is 10.2 Å². The van der Waals surface area contributed by atoms with Crippen molar-refractivity contribution in [2.75, 3.05) is 57.4 Å². The van der Waals surface area contributed by atoms with Crippen LogP contribution < -0.4 is 10.6 Å². The van der Waals surface area contributed by atoms with Gasteiger partial charge in [0.1, 0.15) is 22.5 Å². The lowest BCUT2D eigenvalue weighted by molar-refractivity contribution is -0.123. The molecule has 35 heavy (non-hydrogen) atoms. The quantitative estimate of drug-likeness (QED) is 0.565. The normalized spacial score (nSPS) is 20.3. The van der Waals surface area contributed by atoms with Gasteiger partial charge in [0, 0.05) is 44.1 Å². The van der Waals surface area contributed by atoms with E-state index in [0.717, 1.165) is 93.9 Å². The van der Waals surface area contributed by atoms with Gasteiger partial charge in [-0.3, -0.25) is 14.6 Å². The Morgan fingerprint density at radius 3 is 2.54 bits per heavy atom. The number of piperazine rings is 1. The van der Waals surface area contributed by atoms with E-state index >= 15 is 0 Å². The first-order chi connectivity index (χ1) is 17.2. The van der Waals surface area contributed by atoms with Crippen LogP contribution in [0.15, 0.2) is 30.3 Å². The van der Waals surface area contributed by atoms with Crippen LogP contribution in [0.4, 0.5) is 5.82 Å². The number of nitrogens with two attached hydrogens (primary N) is 1. The maximum Gasteiger partial charge on any atom is 0.239 e. The number of primary amides is 1. The van der Waals surface area contributed by atoms with Gasteiger partial charge >= 0.3 is 0 Å². The van der Waals surface area contributed by atoms with Crippen molar-refractivity contribution in [3.05, 3.63) is 52.2 Å². The molecule has 2 aromatic heterocycles. The van der Waals surface area contributed by atoms with Crippen molar-refractivity contribution in [2.45, 2.75) is 31.8 Å².